The van der Waals surface area contributed by atoms with Gasteiger partial charge in [0.1, 0.15) is 0 Å². The Morgan fingerprint density at radius 1 is 1.40 bits per heavy atom. The van der Waals surface area contributed by atoms with Gasteiger partial charge in [-0.3, -0.25) is 9.69 Å². The quantitative estimate of drug-likeness (QED) is 0.857. The van der Waals surface area contributed by atoms with Gasteiger partial charge in [-0.25, -0.2) is 0 Å². The van der Waals surface area contributed by atoms with Gasteiger partial charge >= 0.3 is 0 Å². The lowest BCUT2D eigenvalue weighted by molar-refractivity contribution is -0.118. The van der Waals surface area contributed by atoms with E-state index in [0.29, 0.717) is 13.1 Å². The summed E-state index contributed by atoms with van der Waals surface area (Å²) in [7, 11) is 2.09. The molecular formula is C14H21BrN4O. The number of nitrogens with zero attached hydrogens (tertiary/aromatic N) is 2. The number of piperazine rings is 1. The average molecular weight is 341 g/mol. The Bertz CT molecular complexity index is 451. The lowest BCUT2D eigenvalue weighted by Crippen LogP contribution is -2.56. The van der Waals surface area contributed by atoms with Crippen LogP contribution in [0.1, 0.15) is 0 Å². The number of nitrogens with two attached hydrogens (primary N) is 1. The van der Waals surface area contributed by atoms with Gasteiger partial charge in [0.2, 0.25) is 5.91 Å². The van der Waals surface area contributed by atoms with Crippen LogP contribution in [0.2, 0.25) is 0 Å². The minimum atomic E-state index is 0.00956. The molecule has 110 valence electrons. The smallest absolute Gasteiger partial charge is 0.238 e. The molecule has 3 N–H and O–H groups in total. The molecule has 1 aliphatic rings. The fraction of sp³-hybridized carbons (Fsp3) is 0.500. The molecule has 1 heterocycles. The number of amides is 1. The van der Waals surface area contributed by atoms with Crippen molar-refractivity contribution in [1.29, 1.82) is 0 Å². The first-order valence-electron chi connectivity index (χ1n) is 6.76. The van der Waals surface area contributed by atoms with Gasteiger partial charge in [0.05, 0.1) is 6.54 Å². The summed E-state index contributed by atoms with van der Waals surface area (Å²) in [6.07, 6.45) is 0. The third-order valence-corrected chi connectivity index (χ3v) is 4.08. The molecule has 0 spiro atoms. The number of carbonyl (C=O) groups excluding carboxylic acids is 1. The number of hydrogen-bond donors (Lipinski definition) is 2. The summed E-state index contributed by atoms with van der Waals surface area (Å²) < 4.78 is 0.998. The number of benzene rings is 1. The van der Waals surface area contributed by atoms with E-state index in [0.717, 1.165) is 29.8 Å². The first-order chi connectivity index (χ1) is 9.58. The van der Waals surface area contributed by atoms with Crippen LogP contribution in [0.5, 0.6) is 0 Å². The Balaban J connectivity index is 1.88. The highest BCUT2D eigenvalue weighted by molar-refractivity contribution is 9.10. The van der Waals surface area contributed by atoms with Crippen molar-refractivity contribution in [2.75, 3.05) is 45.1 Å². The van der Waals surface area contributed by atoms with Gasteiger partial charge in [-0.2, -0.15) is 0 Å². The molecule has 0 aliphatic carbocycles. The molecule has 1 atom stereocenters. The largest absolute Gasteiger partial charge is 0.329 e. The molecule has 0 saturated carbocycles. The Morgan fingerprint density at radius 2 is 2.10 bits per heavy atom. The summed E-state index contributed by atoms with van der Waals surface area (Å²) in [6, 6.07) is 7.84. The standard InChI is InChI=1S/C14H21BrN4O/c1-18-6-7-19(13(8-16)9-18)10-14(20)17-12-4-2-11(15)3-5-12/h2-5,13H,6-10,16H2,1H3,(H,17,20). The van der Waals surface area contributed by atoms with Crippen LogP contribution >= 0.6 is 15.9 Å². The van der Waals surface area contributed by atoms with Crippen LogP contribution in [0.25, 0.3) is 0 Å². The van der Waals surface area contributed by atoms with Gasteiger partial charge in [-0.1, -0.05) is 15.9 Å². The molecule has 1 unspecified atom stereocenters. The van der Waals surface area contributed by atoms with E-state index in [-0.39, 0.29) is 11.9 Å². The van der Waals surface area contributed by atoms with Crippen molar-refractivity contribution in [3.8, 4) is 0 Å². The molecule has 1 fully saturated rings. The molecule has 5 nitrogen and oxygen atoms in total. The van der Waals surface area contributed by atoms with Crippen molar-refractivity contribution in [3.63, 3.8) is 0 Å². The van der Waals surface area contributed by atoms with Crippen LogP contribution in [0.4, 0.5) is 5.69 Å². The maximum absolute atomic E-state index is 12.1. The number of nitrogens with one attached hydrogen (secondary N) is 1. The molecule has 0 aromatic heterocycles. The fourth-order valence-corrected chi connectivity index (χ4v) is 2.66. The third-order valence-electron chi connectivity index (χ3n) is 3.55. The zero-order chi connectivity index (χ0) is 14.5. The second-order valence-electron chi connectivity index (χ2n) is 5.18. The highest BCUT2D eigenvalue weighted by Crippen LogP contribution is 2.14. The van der Waals surface area contributed by atoms with E-state index in [4.69, 9.17) is 5.73 Å². The van der Waals surface area contributed by atoms with E-state index in [1.807, 2.05) is 24.3 Å². The van der Waals surface area contributed by atoms with Crippen LogP contribution in [-0.2, 0) is 4.79 Å². The number of hydrogen-bond acceptors (Lipinski definition) is 4. The Hall–Kier alpha value is -0.950. The summed E-state index contributed by atoms with van der Waals surface area (Å²) >= 11 is 3.37. The molecule has 1 amide bonds. The SMILES string of the molecule is CN1CCN(CC(=O)Nc2ccc(Br)cc2)C(CN)C1. The lowest BCUT2D eigenvalue weighted by atomic mass is 10.1. The van der Waals surface area contributed by atoms with Crippen molar-refractivity contribution >= 4 is 27.5 Å². The lowest BCUT2D eigenvalue weighted by Gasteiger charge is -2.39. The van der Waals surface area contributed by atoms with Crippen LogP contribution in [0.3, 0.4) is 0 Å². The number of likely N-dealkylation sites (N-methyl/N-ethyl adjacent to an activating group) is 1. The molecule has 2 rings (SSSR count). The topological polar surface area (TPSA) is 61.6 Å². The maximum Gasteiger partial charge on any atom is 0.238 e. The van der Waals surface area contributed by atoms with Gasteiger partial charge in [-0.05, 0) is 31.3 Å². The zero-order valence-electron chi connectivity index (χ0n) is 11.7. The number of rotatable bonds is 4. The summed E-state index contributed by atoms with van der Waals surface area (Å²) in [5, 5.41) is 2.92. The Morgan fingerprint density at radius 3 is 2.75 bits per heavy atom. The number of halogens is 1. The van der Waals surface area contributed by atoms with E-state index in [1.165, 1.54) is 0 Å². The monoisotopic (exact) mass is 340 g/mol. The van der Waals surface area contributed by atoms with Crippen LogP contribution < -0.4 is 11.1 Å². The summed E-state index contributed by atoms with van der Waals surface area (Å²) in [5.74, 6) is 0.00956. The van der Waals surface area contributed by atoms with Crippen molar-refractivity contribution in [2.24, 2.45) is 5.73 Å². The first-order valence-corrected chi connectivity index (χ1v) is 7.56. The van der Waals surface area contributed by atoms with E-state index < -0.39 is 0 Å². The molecule has 1 aromatic carbocycles. The van der Waals surface area contributed by atoms with Crippen molar-refractivity contribution < 1.29 is 4.79 Å². The maximum atomic E-state index is 12.1. The summed E-state index contributed by atoms with van der Waals surface area (Å²) in [4.78, 5) is 16.5. The molecule has 1 saturated heterocycles. The molecule has 0 bridgehead atoms. The number of anilines is 1. The minimum absolute atomic E-state index is 0.00956. The first kappa shape index (κ1) is 15.4. The second kappa shape index (κ2) is 7.17. The molecule has 20 heavy (non-hydrogen) atoms. The van der Waals surface area contributed by atoms with Crippen LogP contribution in [0, 0.1) is 0 Å². The van der Waals surface area contributed by atoms with Crippen molar-refractivity contribution in [1.82, 2.24) is 9.80 Å². The van der Waals surface area contributed by atoms with Gasteiger partial charge in [0, 0.05) is 42.4 Å². The van der Waals surface area contributed by atoms with Gasteiger partial charge < -0.3 is 16.0 Å². The number of carbonyl (C=O) groups is 1. The molecule has 0 radical (unpaired) electrons. The van der Waals surface area contributed by atoms with E-state index in [1.54, 1.807) is 0 Å². The zero-order valence-corrected chi connectivity index (χ0v) is 13.3. The molecular weight excluding hydrogens is 320 g/mol. The second-order valence-corrected chi connectivity index (χ2v) is 6.09. The van der Waals surface area contributed by atoms with Gasteiger partial charge in [0.25, 0.3) is 0 Å². The molecule has 1 aromatic rings. The Labute approximate surface area is 128 Å². The normalized spacial score (nSPS) is 20.9. The van der Waals surface area contributed by atoms with Crippen LogP contribution in [0.15, 0.2) is 28.7 Å². The fourth-order valence-electron chi connectivity index (χ4n) is 2.40. The van der Waals surface area contributed by atoms with E-state index in [9.17, 15) is 4.79 Å². The van der Waals surface area contributed by atoms with E-state index in [2.05, 4.69) is 38.1 Å². The van der Waals surface area contributed by atoms with Gasteiger partial charge in [-0.15, -0.1) is 0 Å². The average Bonchev–Trinajstić information content (AvgIpc) is 2.43. The van der Waals surface area contributed by atoms with Crippen molar-refractivity contribution in [3.05, 3.63) is 28.7 Å². The van der Waals surface area contributed by atoms with Gasteiger partial charge in [0.15, 0.2) is 0 Å². The highest BCUT2D eigenvalue weighted by atomic mass is 79.9. The molecule has 6 heteroatoms. The third kappa shape index (κ3) is 4.28. The van der Waals surface area contributed by atoms with E-state index >= 15 is 0 Å². The highest BCUT2D eigenvalue weighted by Gasteiger charge is 2.25. The van der Waals surface area contributed by atoms with Crippen LogP contribution in [-0.4, -0.2) is 61.5 Å². The molecule has 1 aliphatic heterocycles. The predicted octanol–water partition coefficient (Wildman–Crippen LogP) is 0.962. The van der Waals surface area contributed by atoms with Crippen molar-refractivity contribution in [2.45, 2.75) is 6.04 Å². The summed E-state index contributed by atoms with van der Waals surface area (Å²) in [5.41, 5.74) is 6.61. The minimum Gasteiger partial charge on any atom is -0.329 e. The summed E-state index contributed by atoms with van der Waals surface area (Å²) in [6.45, 7) is 3.75. The Kier molecular flexibility index (Phi) is 5.54. The predicted molar refractivity (Wildman–Crippen MR) is 84.7 cm³/mol.